The Bertz CT molecular complexity index is 180. The highest BCUT2D eigenvalue weighted by Crippen LogP contribution is 2.25. The molecule has 0 saturated carbocycles. The van der Waals surface area contributed by atoms with Crippen LogP contribution in [0.15, 0.2) is 0 Å². The minimum atomic E-state index is -0.332. The van der Waals surface area contributed by atoms with Gasteiger partial charge in [-0.2, -0.15) is 0 Å². The number of nitrogens with zero attached hydrogens (tertiary/aromatic N) is 1. The third-order valence-corrected chi connectivity index (χ3v) is 3.44. The van der Waals surface area contributed by atoms with Gasteiger partial charge in [0.15, 0.2) is 0 Å². The molecule has 2 N–H and O–H groups in total. The Balaban J connectivity index is 2.34. The molecule has 0 aliphatic carbocycles. The molecule has 0 radical (unpaired) electrons. The lowest BCUT2D eigenvalue weighted by molar-refractivity contribution is 0.0404. The molecule has 0 spiro atoms. The molecule has 15 heavy (non-hydrogen) atoms. The Hall–Kier alpha value is -0.120. The van der Waals surface area contributed by atoms with Crippen LogP contribution in [0.5, 0.6) is 0 Å². The smallest absolute Gasteiger partial charge is 0.0519 e. The van der Waals surface area contributed by atoms with E-state index in [0.717, 1.165) is 25.6 Å². The number of hydrogen-bond acceptors (Lipinski definition) is 3. The first-order valence-electron chi connectivity index (χ1n) is 6.07. The highest BCUT2D eigenvalue weighted by Gasteiger charge is 2.29. The predicted octanol–water partition coefficient (Wildman–Crippen LogP) is 1.10. The van der Waals surface area contributed by atoms with Crippen LogP contribution in [0, 0.1) is 11.3 Å². The van der Waals surface area contributed by atoms with Crippen molar-refractivity contribution in [3.8, 4) is 0 Å². The van der Waals surface area contributed by atoms with Crippen LogP contribution in [-0.4, -0.2) is 48.0 Å². The van der Waals surface area contributed by atoms with E-state index in [4.69, 9.17) is 0 Å². The molecule has 0 amide bonds. The lowest BCUT2D eigenvalue weighted by atomic mass is 9.92. The predicted molar refractivity (Wildman–Crippen MR) is 61.7 cm³/mol. The van der Waals surface area contributed by atoms with Crippen molar-refractivity contribution < 1.29 is 10.2 Å². The van der Waals surface area contributed by atoms with Crippen molar-refractivity contribution in [1.29, 1.82) is 0 Å². The average Bonchev–Trinajstić information content (AvgIpc) is 2.66. The summed E-state index contributed by atoms with van der Waals surface area (Å²) in [6, 6.07) is 0. The Morgan fingerprint density at radius 2 is 2.00 bits per heavy atom. The molecule has 0 aromatic heterocycles. The second-order valence-electron chi connectivity index (χ2n) is 5.31. The fraction of sp³-hybridized carbons (Fsp3) is 1.00. The number of rotatable bonds is 6. The molecule has 3 heteroatoms. The molecular weight excluding hydrogens is 190 g/mol. The summed E-state index contributed by atoms with van der Waals surface area (Å²) in [6.45, 7) is 7.40. The van der Waals surface area contributed by atoms with Gasteiger partial charge >= 0.3 is 0 Å². The fourth-order valence-electron chi connectivity index (χ4n) is 2.39. The monoisotopic (exact) mass is 215 g/mol. The summed E-state index contributed by atoms with van der Waals surface area (Å²) in [6.07, 6.45) is 3.85. The summed E-state index contributed by atoms with van der Waals surface area (Å²) in [5.74, 6) is 0.830. The van der Waals surface area contributed by atoms with Gasteiger partial charge in [0.2, 0.25) is 0 Å². The number of hydrogen-bond donors (Lipinski definition) is 2. The van der Waals surface area contributed by atoms with Crippen LogP contribution in [0.25, 0.3) is 0 Å². The van der Waals surface area contributed by atoms with Crippen molar-refractivity contribution in [2.24, 2.45) is 11.3 Å². The molecule has 0 aromatic rings. The van der Waals surface area contributed by atoms with Crippen LogP contribution in [-0.2, 0) is 0 Å². The van der Waals surface area contributed by atoms with Crippen molar-refractivity contribution in [2.75, 3.05) is 32.8 Å². The Kier molecular flexibility index (Phi) is 5.03. The first-order chi connectivity index (χ1) is 7.13. The van der Waals surface area contributed by atoms with Crippen molar-refractivity contribution in [3.05, 3.63) is 0 Å². The highest BCUT2D eigenvalue weighted by molar-refractivity contribution is 4.82. The van der Waals surface area contributed by atoms with Crippen molar-refractivity contribution in [3.63, 3.8) is 0 Å². The molecule has 1 unspecified atom stereocenters. The van der Waals surface area contributed by atoms with Gasteiger partial charge in [-0.3, -0.25) is 0 Å². The van der Waals surface area contributed by atoms with E-state index in [1.54, 1.807) is 0 Å². The van der Waals surface area contributed by atoms with Crippen LogP contribution in [0.2, 0.25) is 0 Å². The molecule has 1 fully saturated rings. The number of likely N-dealkylation sites (tertiary alicyclic amines) is 1. The Morgan fingerprint density at radius 3 is 2.53 bits per heavy atom. The molecule has 3 nitrogen and oxygen atoms in total. The topological polar surface area (TPSA) is 43.7 Å². The first-order valence-corrected chi connectivity index (χ1v) is 6.07. The summed E-state index contributed by atoms with van der Waals surface area (Å²) in [7, 11) is 0. The van der Waals surface area contributed by atoms with Gasteiger partial charge in [-0.1, -0.05) is 20.3 Å². The van der Waals surface area contributed by atoms with E-state index < -0.39 is 0 Å². The van der Waals surface area contributed by atoms with Crippen LogP contribution in [0.4, 0.5) is 0 Å². The molecule has 0 bridgehead atoms. The fourth-order valence-corrected chi connectivity index (χ4v) is 2.39. The van der Waals surface area contributed by atoms with Gasteiger partial charge in [-0.15, -0.1) is 0 Å². The second-order valence-corrected chi connectivity index (χ2v) is 5.31. The van der Waals surface area contributed by atoms with Gasteiger partial charge in [0.25, 0.3) is 0 Å². The molecular formula is C12H25NO2. The molecule has 1 saturated heterocycles. The maximum absolute atomic E-state index is 9.23. The van der Waals surface area contributed by atoms with E-state index in [1.165, 1.54) is 19.3 Å². The molecule has 1 aliphatic rings. The third-order valence-electron chi connectivity index (χ3n) is 3.44. The van der Waals surface area contributed by atoms with E-state index >= 15 is 0 Å². The van der Waals surface area contributed by atoms with Gasteiger partial charge in [-0.25, -0.2) is 0 Å². The largest absolute Gasteiger partial charge is 0.396 e. The summed E-state index contributed by atoms with van der Waals surface area (Å²) in [4.78, 5) is 2.38. The van der Waals surface area contributed by atoms with Crippen LogP contribution in [0.3, 0.4) is 0 Å². The van der Waals surface area contributed by atoms with Crippen LogP contribution < -0.4 is 0 Å². The molecule has 0 aromatic carbocycles. The van der Waals surface area contributed by atoms with E-state index in [1.807, 2.05) is 6.92 Å². The average molecular weight is 215 g/mol. The molecule has 1 aliphatic heterocycles. The minimum Gasteiger partial charge on any atom is -0.396 e. The van der Waals surface area contributed by atoms with E-state index in [-0.39, 0.29) is 18.6 Å². The standard InChI is InChI=1S/C12H25NO2/c1-3-4-11-5-6-13(7-11)8-12(2,9-14)10-15/h11,14-15H,3-10H2,1-2H3. The first kappa shape index (κ1) is 12.9. The minimum absolute atomic E-state index is 0.0679. The summed E-state index contributed by atoms with van der Waals surface area (Å²) in [5.41, 5.74) is -0.332. The van der Waals surface area contributed by atoms with Gasteiger partial charge in [0.05, 0.1) is 13.2 Å². The van der Waals surface area contributed by atoms with Crippen molar-refractivity contribution >= 4 is 0 Å². The zero-order valence-electron chi connectivity index (χ0n) is 10.1. The maximum Gasteiger partial charge on any atom is 0.0519 e. The number of aliphatic hydroxyl groups is 2. The third kappa shape index (κ3) is 3.74. The quantitative estimate of drug-likeness (QED) is 0.697. The van der Waals surface area contributed by atoms with E-state index in [0.29, 0.717) is 0 Å². The zero-order valence-corrected chi connectivity index (χ0v) is 10.1. The lowest BCUT2D eigenvalue weighted by Gasteiger charge is -2.30. The molecule has 1 atom stereocenters. The van der Waals surface area contributed by atoms with Crippen molar-refractivity contribution in [1.82, 2.24) is 4.90 Å². The van der Waals surface area contributed by atoms with Gasteiger partial charge < -0.3 is 15.1 Å². The van der Waals surface area contributed by atoms with Gasteiger partial charge in [-0.05, 0) is 25.3 Å². The van der Waals surface area contributed by atoms with E-state index in [2.05, 4.69) is 11.8 Å². The maximum atomic E-state index is 9.23. The van der Waals surface area contributed by atoms with Crippen LogP contribution in [0.1, 0.15) is 33.1 Å². The Morgan fingerprint density at radius 1 is 1.33 bits per heavy atom. The molecule has 90 valence electrons. The molecule has 1 heterocycles. The zero-order chi connectivity index (χ0) is 11.3. The normalized spacial score (nSPS) is 23.6. The van der Waals surface area contributed by atoms with Gasteiger partial charge in [0.1, 0.15) is 0 Å². The molecule has 1 rings (SSSR count). The van der Waals surface area contributed by atoms with Crippen LogP contribution >= 0.6 is 0 Å². The van der Waals surface area contributed by atoms with E-state index in [9.17, 15) is 10.2 Å². The number of aliphatic hydroxyl groups excluding tert-OH is 2. The van der Waals surface area contributed by atoms with Gasteiger partial charge in [0, 0.05) is 18.5 Å². The highest BCUT2D eigenvalue weighted by atomic mass is 16.3. The lowest BCUT2D eigenvalue weighted by Crippen LogP contribution is -2.39. The summed E-state index contributed by atoms with van der Waals surface area (Å²) in [5, 5.41) is 18.5. The summed E-state index contributed by atoms with van der Waals surface area (Å²) < 4.78 is 0. The van der Waals surface area contributed by atoms with Crippen molar-refractivity contribution in [2.45, 2.75) is 33.1 Å². The Labute approximate surface area is 93.1 Å². The summed E-state index contributed by atoms with van der Waals surface area (Å²) >= 11 is 0. The second kappa shape index (κ2) is 5.83. The SMILES string of the molecule is CCCC1CCN(CC(C)(CO)CO)C1.